The number of carbonyl (C=O) groups excluding carboxylic acids is 6. The monoisotopic (exact) mass is 990 g/mol. The maximum atomic E-state index is 14.6. The highest BCUT2D eigenvalue weighted by atomic mass is 35.5. The van der Waals surface area contributed by atoms with E-state index in [9.17, 15) is 33.9 Å². The van der Waals surface area contributed by atoms with Crippen LogP contribution in [0.1, 0.15) is 146 Å². The first-order chi connectivity index (χ1) is 32.9. The van der Waals surface area contributed by atoms with Gasteiger partial charge in [0.1, 0.15) is 30.3 Å². The number of carbonyl (C=O) groups is 6. The topological polar surface area (TPSA) is 188 Å². The number of amides is 2. The molecule has 1 N–H and O–H groups in total. The predicted octanol–water partition coefficient (Wildman–Crippen LogP) is 10.8. The van der Waals surface area contributed by atoms with Gasteiger partial charge in [-0.05, 0) is 87.3 Å². The lowest BCUT2D eigenvalue weighted by atomic mass is 9.71. The second-order valence-electron chi connectivity index (χ2n) is 19.5. The Morgan fingerprint density at radius 1 is 0.986 bits per heavy atom. The van der Waals surface area contributed by atoms with Crippen molar-refractivity contribution in [1.29, 1.82) is 0 Å². The average Bonchev–Trinajstić information content (AvgIpc) is 3.58. The van der Waals surface area contributed by atoms with Gasteiger partial charge in [0.05, 0.1) is 55.8 Å². The van der Waals surface area contributed by atoms with Gasteiger partial charge in [-0.15, -0.1) is 17.9 Å². The second-order valence-corrected chi connectivity index (χ2v) is 21.1. The van der Waals surface area contributed by atoms with E-state index in [1.165, 1.54) is 17.1 Å². The molecule has 0 bridgehead atoms. The normalized spacial score (nSPS) is 25.3. The summed E-state index contributed by atoms with van der Waals surface area (Å²) in [5.41, 5.74) is 0.176. The van der Waals surface area contributed by atoms with E-state index in [0.29, 0.717) is 44.2 Å². The lowest BCUT2D eigenvalue weighted by Crippen LogP contribution is -2.47. The molecule has 0 saturated carbocycles. The molecule has 0 spiro atoms. The number of cyclic esters (lactones) is 1. The maximum absolute atomic E-state index is 14.6. The van der Waals surface area contributed by atoms with Crippen LogP contribution in [0.15, 0.2) is 61.2 Å². The molecule has 3 aliphatic heterocycles. The van der Waals surface area contributed by atoms with Crippen LogP contribution in [-0.4, -0.2) is 81.1 Å². The number of ether oxygens (including phenoxy) is 5. The minimum atomic E-state index is -1.45. The first-order valence-electron chi connectivity index (χ1n) is 24.3. The first kappa shape index (κ1) is 53.4. The standard InChI is InChI=1S/C53H67ClN2O12S/c1-7-17-37-49(67-51(63)64-32-35-20-22-40(38(54)28-35)65-47(60)19-14-12-10-8-9-11-13-15-27-56-45(58)24-25-46(56)59)33(2)18-16-26-53(6)44(68-53)30-41(36-21-23-42-39(29-36)55-34(3)69-42)66-48(61)31-43(57)52(4,5)50(37)62/h7,20-25,28-29,33,37,41,43-44,49,57H,1,8-19,26-27,30-32H2,2-6H3/t33-,37+,41-,43-,44+,49-,53-/m0/s1. The summed E-state index contributed by atoms with van der Waals surface area (Å²) in [6, 6.07) is 10.5. The number of allylic oxidation sites excluding steroid dienone is 1. The van der Waals surface area contributed by atoms with Crippen LogP contribution in [0, 0.1) is 24.2 Å². The predicted molar refractivity (Wildman–Crippen MR) is 261 cm³/mol. The summed E-state index contributed by atoms with van der Waals surface area (Å²) >= 11 is 8.08. The van der Waals surface area contributed by atoms with Gasteiger partial charge in [-0.3, -0.25) is 28.9 Å². The van der Waals surface area contributed by atoms with Crippen LogP contribution in [-0.2, 0) is 49.5 Å². The van der Waals surface area contributed by atoms with Crippen molar-refractivity contribution in [2.75, 3.05) is 6.54 Å². The highest BCUT2D eigenvalue weighted by molar-refractivity contribution is 7.18. The van der Waals surface area contributed by atoms with E-state index >= 15 is 0 Å². The smallest absolute Gasteiger partial charge is 0.457 e. The van der Waals surface area contributed by atoms with E-state index in [2.05, 4.69) is 11.6 Å². The van der Waals surface area contributed by atoms with E-state index in [-0.39, 0.29) is 54.1 Å². The zero-order valence-corrected chi connectivity index (χ0v) is 42.1. The molecule has 374 valence electrons. The van der Waals surface area contributed by atoms with E-state index in [4.69, 9.17) is 35.3 Å². The number of esters is 2. The molecule has 0 unspecified atom stereocenters. The lowest BCUT2D eigenvalue weighted by molar-refractivity contribution is -0.157. The number of aliphatic hydroxyl groups is 1. The minimum absolute atomic E-state index is 0.135. The fourth-order valence-electron chi connectivity index (χ4n) is 9.31. The molecular weight excluding hydrogens is 924 g/mol. The van der Waals surface area contributed by atoms with Gasteiger partial charge in [-0.1, -0.05) is 95.5 Å². The van der Waals surface area contributed by atoms with Gasteiger partial charge in [-0.2, -0.15) is 0 Å². The zero-order chi connectivity index (χ0) is 49.9. The van der Waals surface area contributed by atoms with Crippen molar-refractivity contribution in [3.63, 3.8) is 0 Å². The molecule has 7 atom stereocenters. The molecule has 2 amide bonds. The fraction of sp³-hybridized carbons (Fsp3) is 0.566. The summed E-state index contributed by atoms with van der Waals surface area (Å²) in [6.07, 6.45) is 9.55. The molecule has 2 saturated heterocycles. The van der Waals surface area contributed by atoms with Gasteiger partial charge in [0.2, 0.25) is 0 Å². The van der Waals surface area contributed by atoms with E-state index in [0.717, 1.165) is 65.7 Å². The Balaban J connectivity index is 1.000. The molecule has 69 heavy (non-hydrogen) atoms. The molecule has 16 heteroatoms. The number of benzene rings is 2. The number of imide groups is 1. The Kier molecular flexibility index (Phi) is 18.8. The molecule has 2 fully saturated rings. The van der Waals surface area contributed by atoms with Crippen molar-refractivity contribution in [3.8, 4) is 5.75 Å². The summed E-state index contributed by atoms with van der Waals surface area (Å²) in [4.78, 5) is 83.5. The number of aliphatic hydroxyl groups excluding tert-OH is 1. The van der Waals surface area contributed by atoms with Crippen molar-refractivity contribution in [2.24, 2.45) is 17.3 Å². The molecule has 14 nitrogen and oxygen atoms in total. The largest absolute Gasteiger partial charge is 0.508 e. The Morgan fingerprint density at radius 2 is 1.68 bits per heavy atom. The van der Waals surface area contributed by atoms with Crippen LogP contribution in [0.4, 0.5) is 4.79 Å². The highest BCUT2D eigenvalue weighted by Gasteiger charge is 2.53. The van der Waals surface area contributed by atoms with Crippen LogP contribution in [0.3, 0.4) is 0 Å². The second kappa shape index (κ2) is 24.2. The summed E-state index contributed by atoms with van der Waals surface area (Å²) in [5.74, 6) is -3.02. The molecule has 2 aromatic carbocycles. The molecule has 3 aliphatic rings. The first-order valence-corrected chi connectivity index (χ1v) is 25.5. The van der Waals surface area contributed by atoms with Gasteiger partial charge in [0.15, 0.2) is 0 Å². The van der Waals surface area contributed by atoms with Crippen LogP contribution in [0.5, 0.6) is 5.75 Å². The maximum Gasteiger partial charge on any atom is 0.508 e. The molecule has 4 heterocycles. The number of aromatic nitrogens is 1. The van der Waals surface area contributed by atoms with Crippen molar-refractivity contribution >= 4 is 68.8 Å². The number of ketones is 1. The highest BCUT2D eigenvalue weighted by Crippen LogP contribution is 2.47. The molecule has 0 radical (unpaired) electrons. The van der Waals surface area contributed by atoms with E-state index in [1.54, 1.807) is 49.5 Å². The number of Topliss-reactive ketones (excluding diaryl/α,β-unsaturated/α-hetero) is 1. The lowest BCUT2D eigenvalue weighted by Gasteiger charge is -2.37. The van der Waals surface area contributed by atoms with Gasteiger partial charge >= 0.3 is 18.1 Å². The zero-order valence-electron chi connectivity index (χ0n) is 40.5. The third-order valence-electron chi connectivity index (χ3n) is 13.7. The van der Waals surface area contributed by atoms with Crippen LogP contribution in [0.2, 0.25) is 5.02 Å². The number of nitrogens with zero attached hydrogens (tertiary/aromatic N) is 2. The minimum Gasteiger partial charge on any atom is -0.457 e. The summed E-state index contributed by atoms with van der Waals surface area (Å²) in [5, 5.41) is 12.7. The third kappa shape index (κ3) is 14.6. The van der Waals surface area contributed by atoms with Gasteiger partial charge in [0, 0.05) is 31.5 Å². The van der Waals surface area contributed by atoms with Gasteiger partial charge in [0.25, 0.3) is 11.8 Å². The van der Waals surface area contributed by atoms with Crippen molar-refractivity contribution < 1.29 is 57.6 Å². The van der Waals surface area contributed by atoms with Crippen LogP contribution in [0.25, 0.3) is 10.2 Å². The van der Waals surface area contributed by atoms with Gasteiger partial charge in [-0.25, -0.2) is 9.78 Å². The molecule has 6 rings (SSSR count). The quantitative estimate of drug-likeness (QED) is 0.0317. The molecular formula is C53H67ClN2O12S. The third-order valence-corrected chi connectivity index (χ3v) is 15.0. The number of thiazole rings is 1. The Hall–Kier alpha value is -4.96. The summed E-state index contributed by atoms with van der Waals surface area (Å²) < 4.78 is 30.5. The van der Waals surface area contributed by atoms with E-state index < -0.39 is 65.5 Å². The molecule has 0 aliphatic carbocycles. The number of rotatable bonds is 18. The molecule has 1 aromatic heterocycles. The number of hydrogen-bond acceptors (Lipinski definition) is 14. The van der Waals surface area contributed by atoms with Crippen molar-refractivity contribution in [2.45, 2.75) is 168 Å². The SMILES string of the molecule is C=CC[C@H]1C(=O)C(C)(C)[C@@H](O)CC(=O)O[C@H](c2ccc3sc(C)nc3c2)C[C@H]2O[C@@]2(C)CCC[C@H](C)[C@@H]1OC(=O)OCc1ccc(OC(=O)CCCCCCCCCCN2C(=O)C=CC2=O)c(Cl)c1. The van der Waals surface area contributed by atoms with E-state index in [1.807, 2.05) is 39.0 Å². The molecule has 3 aromatic rings. The number of fused-ring (bicyclic) bond motifs is 2. The van der Waals surface area contributed by atoms with Crippen molar-refractivity contribution in [3.05, 3.63) is 82.4 Å². The average molecular weight is 992 g/mol. The number of halogens is 1. The number of unbranched alkanes of at least 4 members (excludes halogenated alkanes) is 7. The van der Waals surface area contributed by atoms with Gasteiger partial charge < -0.3 is 28.8 Å². The number of epoxide rings is 1. The Bertz CT molecular complexity index is 2360. The Morgan fingerprint density at radius 3 is 2.38 bits per heavy atom. The van der Waals surface area contributed by atoms with Crippen molar-refractivity contribution in [1.82, 2.24) is 9.88 Å². The summed E-state index contributed by atoms with van der Waals surface area (Å²) in [6.45, 7) is 13.2. The van der Waals surface area contributed by atoms with Crippen LogP contribution < -0.4 is 4.74 Å². The van der Waals surface area contributed by atoms with Crippen LogP contribution >= 0.6 is 22.9 Å². The number of aryl methyl sites for hydroxylation is 1. The Labute approximate surface area is 414 Å². The fourth-order valence-corrected chi connectivity index (χ4v) is 10.4. The summed E-state index contributed by atoms with van der Waals surface area (Å²) in [7, 11) is 0. The number of hydrogen-bond donors (Lipinski definition) is 1.